The fraction of sp³-hybridized carbons (Fsp3) is 0.190. The summed E-state index contributed by atoms with van der Waals surface area (Å²) in [5.74, 6) is 0.992. The fourth-order valence-corrected chi connectivity index (χ4v) is 2.14. The molecule has 0 radical (unpaired) electrons. The van der Waals surface area contributed by atoms with Crippen molar-refractivity contribution in [3.63, 3.8) is 0 Å². The van der Waals surface area contributed by atoms with Crippen molar-refractivity contribution in [2.75, 3.05) is 13.7 Å². The van der Waals surface area contributed by atoms with Gasteiger partial charge in [0.15, 0.2) is 11.5 Å². The standard InChI is InChI=1S/C21H22O4/c1-3-24-21(22)12-8-7-9-17-13-14-19(23-2)20(15-17)25-16-18-10-5-4-6-11-18/h4-15H,3,16H2,1-2H3. The van der Waals surface area contributed by atoms with Crippen LogP contribution in [0, 0.1) is 0 Å². The Labute approximate surface area is 148 Å². The Morgan fingerprint density at radius 3 is 2.56 bits per heavy atom. The van der Waals surface area contributed by atoms with Crippen molar-refractivity contribution in [1.82, 2.24) is 0 Å². The normalized spacial score (nSPS) is 11.0. The van der Waals surface area contributed by atoms with Crippen molar-refractivity contribution in [3.05, 3.63) is 77.9 Å². The largest absolute Gasteiger partial charge is 0.493 e. The molecule has 25 heavy (non-hydrogen) atoms. The van der Waals surface area contributed by atoms with Gasteiger partial charge in [-0.1, -0.05) is 54.6 Å². The molecule has 0 amide bonds. The third kappa shape index (κ3) is 6.18. The van der Waals surface area contributed by atoms with Crippen molar-refractivity contribution in [2.45, 2.75) is 13.5 Å². The number of benzene rings is 2. The van der Waals surface area contributed by atoms with E-state index in [1.165, 1.54) is 6.08 Å². The number of carbonyl (C=O) groups excluding carboxylic acids is 1. The fourth-order valence-electron chi connectivity index (χ4n) is 2.14. The second-order valence-electron chi connectivity index (χ2n) is 5.15. The first-order chi connectivity index (χ1) is 12.2. The van der Waals surface area contributed by atoms with Crippen LogP contribution in [0.1, 0.15) is 18.1 Å². The summed E-state index contributed by atoms with van der Waals surface area (Å²) in [6.07, 6.45) is 6.69. The molecular formula is C21H22O4. The first kappa shape index (κ1) is 18.3. The number of allylic oxidation sites excluding steroid dienone is 2. The quantitative estimate of drug-likeness (QED) is 0.406. The van der Waals surface area contributed by atoms with Crippen LogP contribution in [-0.2, 0) is 16.1 Å². The summed E-state index contributed by atoms with van der Waals surface area (Å²) in [5, 5.41) is 0. The molecule has 0 aliphatic rings. The monoisotopic (exact) mass is 338 g/mol. The average Bonchev–Trinajstić information content (AvgIpc) is 2.65. The molecule has 0 heterocycles. The van der Waals surface area contributed by atoms with E-state index in [0.717, 1.165) is 11.1 Å². The van der Waals surface area contributed by atoms with Crippen LogP contribution in [0.5, 0.6) is 11.5 Å². The lowest BCUT2D eigenvalue weighted by Crippen LogP contribution is -1.98. The van der Waals surface area contributed by atoms with Crippen LogP contribution in [0.15, 0.2) is 66.8 Å². The van der Waals surface area contributed by atoms with Crippen molar-refractivity contribution >= 4 is 12.0 Å². The molecule has 130 valence electrons. The van der Waals surface area contributed by atoms with E-state index in [4.69, 9.17) is 14.2 Å². The highest BCUT2D eigenvalue weighted by Gasteiger charge is 2.05. The van der Waals surface area contributed by atoms with Crippen LogP contribution in [-0.4, -0.2) is 19.7 Å². The van der Waals surface area contributed by atoms with Crippen LogP contribution in [0.4, 0.5) is 0 Å². The molecule has 0 fully saturated rings. The third-order valence-electron chi connectivity index (χ3n) is 3.34. The maximum absolute atomic E-state index is 11.2. The number of hydrogen-bond acceptors (Lipinski definition) is 4. The lowest BCUT2D eigenvalue weighted by Gasteiger charge is -2.11. The maximum atomic E-state index is 11.2. The Balaban J connectivity index is 2.04. The van der Waals surface area contributed by atoms with Gasteiger partial charge in [0.1, 0.15) is 6.61 Å². The lowest BCUT2D eigenvalue weighted by atomic mass is 10.2. The molecule has 0 aromatic heterocycles. The summed E-state index contributed by atoms with van der Waals surface area (Å²) >= 11 is 0. The van der Waals surface area contributed by atoms with E-state index in [1.807, 2.05) is 54.6 Å². The topological polar surface area (TPSA) is 44.8 Å². The SMILES string of the molecule is CCOC(=O)C=CC=Cc1ccc(OC)c(OCc2ccccc2)c1. The van der Waals surface area contributed by atoms with Gasteiger partial charge in [0.05, 0.1) is 13.7 Å². The highest BCUT2D eigenvalue weighted by Crippen LogP contribution is 2.29. The molecule has 0 bridgehead atoms. The van der Waals surface area contributed by atoms with Gasteiger partial charge in [0.2, 0.25) is 0 Å². The van der Waals surface area contributed by atoms with Crippen LogP contribution in [0.25, 0.3) is 6.08 Å². The van der Waals surface area contributed by atoms with Crippen LogP contribution in [0.3, 0.4) is 0 Å². The van der Waals surface area contributed by atoms with Crippen LogP contribution < -0.4 is 9.47 Å². The van der Waals surface area contributed by atoms with Crippen molar-refractivity contribution in [2.24, 2.45) is 0 Å². The molecule has 0 saturated heterocycles. The Kier molecular flexibility index (Phi) is 7.32. The molecule has 0 atom stereocenters. The zero-order valence-corrected chi connectivity index (χ0v) is 14.5. The Hall–Kier alpha value is -3.01. The first-order valence-corrected chi connectivity index (χ1v) is 8.09. The van der Waals surface area contributed by atoms with E-state index < -0.39 is 0 Å². The molecule has 4 heteroatoms. The van der Waals surface area contributed by atoms with Crippen molar-refractivity contribution < 1.29 is 19.0 Å². The Morgan fingerprint density at radius 1 is 1.04 bits per heavy atom. The van der Waals surface area contributed by atoms with E-state index in [1.54, 1.807) is 26.2 Å². The van der Waals surface area contributed by atoms with Gasteiger partial charge in [0.25, 0.3) is 0 Å². The van der Waals surface area contributed by atoms with E-state index >= 15 is 0 Å². The maximum Gasteiger partial charge on any atom is 0.330 e. The molecule has 2 rings (SSSR count). The second kappa shape index (κ2) is 9.98. The zero-order valence-electron chi connectivity index (χ0n) is 14.5. The van der Waals surface area contributed by atoms with Crippen molar-refractivity contribution in [1.29, 1.82) is 0 Å². The predicted molar refractivity (Wildman–Crippen MR) is 98.6 cm³/mol. The average molecular weight is 338 g/mol. The van der Waals surface area contributed by atoms with Crippen LogP contribution >= 0.6 is 0 Å². The summed E-state index contributed by atoms with van der Waals surface area (Å²) in [7, 11) is 1.61. The van der Waals surface area contributed by atoms with Gasteiger partial charge in [0, 0.05) is 6.08 Å². The summed E-state index contributed by atoms with van der Waals surface area (Å²) < 4.78 is 16.1. The number of methoxy groups -OCH3 is 1. The van der Waals surface area contributed by atoms with Gasteiger partial charge in [-0.3, -0.25) is 0 Å². The molecule has 4 nitrogen and oxygen atoms in total. The third-order valence-corrected chi connectivity index (χ3v) is 3.34. The van der Waals surface area contributed by atoms with Gasteiger partial charge in [-0.05, 0) is 30.2 Å². The van der Waals surface area contributed by atoms with E-state index in [2.05, 4.69) is 0 Å². The molecular weight excluding hydrogens is 316 g/mol. The molecule has 0 N–H and O–H groups in total. The molecule has 2 aromatic carbocycles. The van der Waals surface area contributed by atoms with Gasteiger partial charge >= 0.3 is 5.97 Å². The molecule has 0 aliphatic heterocycles. The number of rotatable bonds is 8. The molecule has 0 unspecified atom stereocenters. The van der Waals surface area contributed by atoms with Gasteiger partial charge < -0.3 is 14.2 Å². The zero-order chi connectivity index (χ0) is 17.9. The Morgan fingerprint density at radius 2 is 1.84 bits per heavy atom. The van der Waals surface area contributed by atoms with Crippen molar-refractivity contribution in [3.8, 4) is 11.5 Å². The predicted octanol–water partition coefficient (Wildman–Crippen LogP) is 4.41. The minimum Gasteiger partial charge on any atom is -0.493 e. The lowest BCUT2D eigenvalue weighted by molar-refractivity contribution is -0.137. The van der Waals surface area contributed by atoms with Gasteiger partial charge in [-0.15, -0.1) is 0 Å². The molecule has 0 aliphatic carbocycles. The minimum absolute atomic E-state index is 0.353. The molecule has 0 saturated carbocycles. The summed E-state index contributed by atoms with van der Waals surface area (Å²) in [6, 6.07) is 15.6. The number of hydrogen-bond donors (Lipinski definition) is 0. The molecule has 0 spiro atoms. The van der Waals surface area contributed by atoms with Gasteiger partial charge in [-0.25, -0.2) is 4.79 Å². The highest BCUT2D eigenvalue weighted by molar-refractivity contribution is 5.82. The summed E-state index contributed by atoms with van der Waals surface area (Å²) in [6.45, 7) is 2.61. The molecule has 2 aromatic rings. The van der Waals surface area contributed by atoms with Gasteiger partial charge in [-0.2, -0.15) is 0 Å². The number of ether oxygens (including phenoxy) is 3. The van der Waals surface area contributed by atoms with E-state index in [9.17, 15) is 4.79 Å². The minimum atomic E-state index is -0.353. The number of carbonyl (C=O) groups is 1. The first-order valence-electron chi connectivity index (χ1n) is 8.09. The summed E-state index contributed by atoms with van der Waals surface area (Å²) in [5.41, 5.74) is 2.03. The van der Waals surface area contributed by atoms with Crippen LogP contribution in [0.2, 0.25) is 0 Å². The Bertz CT molecular complexity index is 733. The highest BCUT2D eigenvalue weighted by atomic mass is 16.5. The van der Waals surface area contributed by atoms with E-state index in [-0.39, 0.29) is 5.97 Å². The number of esters is 1. The van der Waals surface area contributed by atoms with E-state index in [0.29, 0.717) is 24.7 Å². The smallest absolute Gasteiger partial charge is 0.330 e. The summed E-state index contributed by atoms with van der Waals surface area (Å²) in [4.78, 5) is 11.2. The second-order valence-corrected chi connectivity index (χ2v) is 5.15.